The van der Waals surface area contributed by atoms with Gasteiger partial charge in [-0.25, -0.2) is 13.9 Å². The minimum Gasteiger partial charge on any atom is -0.483 e. The summed E-state index contributed by atoms with van der Waals surface area (Å²) in [6.45, 7) is -0.748. The Morgan fingerprint density at radius 1 is 1.50 bits per heavy atom. The monoisotopic (exact) mass is 328 g/mol. The molecule has 0 amide bonds. The van der Waals surface area contributed by atoms with E-state index in [0.717, 1.165) is 9.25 Å². The van der Waals surface area contributed by atoms with E-state index in [1.807, 2.05) is 0 Å². The summed E-state index contributed by atoms with van der Waals surface area (Å²) in [6, 6.07) is 6.45. The van der Waals surface area contributed by atoms with Gasteiger partial charge in [-0.15, -0.1) is 5.10 Å². The van der Waals surface area contributed by atoms with Crippen molar-refractivity contribution in [2.24, 2.45) is 0 Å². The fourth-order valence-corrected chi connectivity index (χ4v) is 2.00. The van der Waals surface area contributed by atoms with E-state index in [-0.39, 0.29) is 18.3 Å². The number of ether oxygens (including phenoxy) is 1. The molecule has 1 heterocycles. The van der Waals surface area contributed by atoms with Crippen molar-refractivity contribution in [3.05, 3.63) is 39.8 Å². The number of alkyl halides is 1. The SMILES string of the molecule is COC(=N)Cn1nc(-c2ccc(Cl)cc2)n(CC(O)F)c1=O. The van der Waals surface area contributed by atoms with Crippen LogP contribution in [0.4, 0.5) is 4.39 Å². The zero-order valence-corrected chi connectivity index (χ0v) is 12.4. The molecule has 0 spiro atoms. The fraction of sp³-hybridized carbons (Fsp3) is 0.308. The third-order valence-electron chi connectivity index (χ3n) is 2.90. The van der Waals surface area contributed by atoms with Crippen LogP contribution in [0.15, 0.2) is 29.1 Å². The van der Waals surface area contributed by atoms with Crippen molar-refractivity contribution in [2.45, 2.75) is 19.4 Å². The number of aliphatic hydroxyl groups is 1. The maximum atomic E-state index is 12.9. The predicted octanol–water partition coefficient (Wildman–Crippen LogP) is 1.28. The van der Waals surface area contributed by atoms with Crippen molar-refractivity contribution >= 4 is 17.5 Å². The first-order chi connectivity index (χ1) is 10.4. The number of aromatic nitrogens is 3. The second-order valence-corrected chi connectivity index (χ2v) is 4.88. The summed E-state index contributed by atoms with van der Waals surface area (Å²) in [7, 11) is 1.30. The van der Waals surface area contributed by atoms with E-state index in [4.69, 9.17) is 26.9 Å². The minimum absolute atomic E-state index is 0.169. The second kappa shape index (κ2) is 6.71. The third-order valence-corrected chi connectivity index (χ3v) is 3.15. The highest BCUT2D eigenvalue weighted by Gasteiger charge is 2.18. The molecule has 0 fully saturated rings. The molecule has 1 atom stereocenters. The van der Waals surface area contributed by atoms with E-state index in [2.05, 4.69) is 5.10 Å². The van der Waals surface area contributed by atoms with Gasteiger partial charge in [0.1, 0.15) is 6.54 Å². The molecule has 1 aromatic carbocycles. The Bertz CT molecular complexity index is 724. The Morgan fingerprint density at radius 2 is 2.14 bits per heavy atom. The maximum absolute atomic E-state index is 12.9. The fourth-order valence-electron chi connectivity index (χ4n) is 1.87. The first-order valence-electron chi connectivity index (χ1n) is 6.29. The van der Waals surface area contributed by atoms with Gasteiger partial charge in [0.25, 0.3) is 0 Å². The molecule has 0 aliphatic heterocycles. The highest BCUT2D eigenvalue weighted by atomic mass is 35.5. The second-order valence-electron chi connectivity index (χ2n) is 4.44. The molecule has 22 heavy (non-hydrogen) atoms. The van der Waals surface area contributed by atoms with E-state index in [9.17, 15) is 9.18 Å². The summed E-state index contributed by atoms with van der Waals surface area (Å²) < 4.78 is 19.6. The van der Waals surface area contributed by atoms with E-state index in [1.165, 1.54) is 7.11 Å². The molecule has 0 bridgehead atoms. The number of hydrogen-bond acceptors (Lipinski definition) is 5. The molecule has 9 heteroatoms. The van der Waals surface area contributed by atoms with Gasteiger partial charge in [0.05, 0.1) is 13.7 Å². The molecule has 2 rings (SSSR count). The summed E-state index contributed by atoms with van der Waals surface area (Å²) in [5, 5.41) is 21.0. The van der Waals surface area contributed by atoms with E-state index in [0.29, 0.717) is 10.6 Å². The number of nitrogens with zero attached hydrogens (tertiary/aromatic N) is 3. The molecule has 1 aromatic heterocycles. The lowest BCUT2D eigenvalue weighted by Gasteiger charge is -2.05. The molecule has 0 saturated heterocycles. The Morgan fingerprint density at radius 3 is 2.68 bits per heavy atom. The molecule has 0 radical (unpaired) electrons. The van der Waals surface area contributed by atoms with Gasteiger partial charge in [0.15, 0.2) is 5.82 Å². The van der Waals surface area contributed by atoms with Crippen molar-refractivity contribution < 1.29 is 14.2 Å². The van der Waals surface area contributed by atoms with Gasteiger partial charge in [0.2, 0.25) is 12.3 Å². The number of nitrogens with one attached hydrogen (secondary N) is 1. The van der Waals surface area contributed by atoms with Gasteiger partial charge in [0, 0.05) is 10.6 Å². The zero-order valence-electron chi connectivity index (χ0n) is 11.7. The summed E-state index contributed by atoms with van der Waals surface area (Å²) in [6.07, 6.45) is -2.21. The molecule has 1 unspecified atom stereocenters. The molecule has 2 N–H and O–H groups in total. The molecular weight excluding hydrogens is 315 g/mol. The molecule has 0 aliphatic rings. The van der Waals surface area contributed by atoms with Crippen LogP contribution < -0.4 is 5.69 Å². The lowest BCUT2D eigenvalue weighted by Crippen LogP contribution is -2.30. The molecule has 118 valence electrons. The molecule has 2 aromatic rings. The quantitative estimate of drug-likeness (QED) is 0.638. The van der Waals surface area contributed by atoms with Crippen molar-refractivity contribution in [3.63, 3.8) is 0 Å². The number of methoxy groups -OCH3 is 1. The van der Waals surface area contributed by atoms with Crippen molar-refractivity contribution in [3.8, 4) is 11.4 Å². The van der Waals surface area contributed by atoms with Crippen LogP contribution in [0, 0.1) is 5.41 Å². The van der Waals surface area contributed by atoms with Crippen LogP contribution in [0.25, 0.3) is 11.4 Å². The molecular formula is C13H14ClFN4O3. The Balaban J connectivity index is 2.51. The van der Waals surface area contributed by atoms with Crippen molar-refractivity contribution in [1.29, 1.82) is 5.41 Å². The van der Waals surface area contributed by atoms with E-state index < -0.39 is 18.6 Å². The predicted molar refractivity (Wildman–Crippen MR) is 78.8 cm³/mol. The van der Waals surface area contributed by atoms with E-state index in [1.54, 1.807) is 24.3 Å². The van der Waals surface area contributed by atoms with Crippen LogP contribution in [0.3, 0.4) is 0 Å². The Kier molecular flexibility index (Phi) is 4.94. The minimum atomic E-state index is -2.21. The number of rotatable bonds is 5. The van der Waals surface area contributed by atoms with Gasteiger partial charge in [-0.05, 0) is 24.3 Å². The van der Waals surface area contributed by atoms with Crippen molar-refractivity contribution in [2.75, 3.05) is 7.11 Å². The summed E-state index contributed by atoms with van der Waals surface area (Å²) in [4.78, 5) is 12.2. The third kappa shape index (κ3) is 3.52. The number of benzene rings is 1. The Hall–Kier alpha value is -2.19. The van der Waals surface area contributed by atoms with Gasteiger partial charge < -0.3 is 9.84 Å². The zero-order chi connectivity index (χ0) is 16.3. The van der Waals surface area contributed by atoms with Crippen LogP contribution in [0.2, 0.25) is 5.02 Å². The Labute approximate surface area is 130 Å². The highest BCUT2D eigenvalue weighted by Crippen LogP contribution is 2.19. The van der Waals surface area contributed by atoms with Gasteiger partial charge in [-0.2, -0.15) is 0 Å². The van der Waals surface area contributed by atoms with Crippen LogP contribution >= 0.6 is 11.6 Å². The number of halogens is 2. The summed E-state index contributed by atoms with van der Waals surface area (Å²) in [5.41, 5.74) is -0.117. The van der Waals surface area contributed by atoms with Crippen LogP contribution in [-0.2, 0) is 17.8 Å². The average molecular weight is 329 g/mol. The lowest BCUT2D eigenvalue weighted by molar-refractivity contribution is 0.0261. The largest absolute Gasteiger partial charge is 0.483 e. The number of aliphatic hydroxyl groups excluding tert-OH is 1. The molecule has 0 aliphatic carbocycles. The topological polar surface area (TPSA) is 93.1 Å². The average Bonchev–Trinajstić information content (AvgIpc) is 2.76. The summed E-state index contributed by atoms with van der Waals surface area (Å²) >= 11 is 5.81. The smallest absolute Gasteiger partial charge is 0.346 e. The van der Waals surface area contributed by atoms with Crippen LogP contribution in [0.1, 0.15) is 0 Å². The van der Waals surface area contributed by atoms with Crippen molar-refractivity contribution in [1.82, 2.24) is 14.3 Å². The lowest BCUT2D eigenvalue weighted by atomic mass is 10.2. The molecule has 7 nitrogen and oxygen atoms in total. The highest BCUT2D eigenvalue weighted by molar-refractivity contribution is 6.30. The first kappa shape index (κ1) is 16.2. The maximum Gasteiger partial charge on any atom is 0.346 e. The van der Waals surface area contributed by atoms with Gasteiger partial charge in [-0.1, -0.05) is 11.6 Å². The van der Waals surface area contributed by atoms with Crippen LogP contribution in [0.5, 0.6) is 0 Å². The van der Waals surface area contributed by atoms with Gasteiger partial charge in [-0.3, -0.25) is 9.98 Å². The number of hydrogen-bond donors (Lipinski definition) is 2. The molecule has 0 saturated carbocycles. The van der Waals surface area contributed by atoms with Crippen LogP contribution in [-0.4, -0.2) is 38.8 Å². The standard InChI is InChI=1S/C13H14ClFN4O3/c1-22-11(16)7-19-13(21)18(6-10(15)20)12(17-19)8-2-4-9(14)5-3-8/h2-5,10,16,20H,6-7H2,1H3. The first-order valence-corrected chi connectivity index (χ1v) is 6.67. The normalized spacial score (nSPS) is 12.2. The van der Waals surface area contributed by atoms with E-state index >= 15 is 0 Å². The van der Waals surface area contributed by atoms with Gasteiger partial charge >= 0.3 is 5.69 Å². The summed E-state index contributed by atoms with van der Waals surface area (Å²) in [5.74, 6) is -0.00234.